The van der Waals surface area contributed by atoms with Gasteiger partial charge in [0.05, 0.1) is 0 Å². The molecule has 17 heavy (non-hydrogen) atoms. The van der Waals surface area contributed by atoms with Crippen molar-refractivity contribution in [1.82, 2.24) is 15.1 Å². The molecule has 2 aromatic heterocycles. The molecule has 2 heterocycles. The second-order valence-electron chi connectivity index (χ2n) is 4.30. The van der Waals surface area contributed by atoms with Crippen molar-refractivity contribution in [2.45, 2.75) is 31.6 Å². The van der Waals surface area contributed by atoms with Gasteiger partial charge in [-0.2, -0.15) is 4.98 Å². The fraction of sp³-hybridized carbons (Fsp3) is 0.417. The second kappa shape index (κ2) is 4.56. The molecule has 2 aromatic rings. The minimum absolute atomic E-state index is 0.475. The first-order chi connectivity index (χ1) is 8.33. The van der Waals surface area contributed by atoms with Gasteiger partial charge in [0.1, 0.15) is 5.69 Å². The summed E-state index contributed by atoms with van der Waals surface area (Å²) in [5.41, 5.74) is 0.727. The van der Waals surface area contributed by atoms with Crippen LogP contribution in [0.3, 0.4) is 0 Å². The van der Waals surface area contributed by atoms with E-state index in [0.29, 0.717) is 11.8 Å². The number of pyridine rings is 1. The Bertz CT molecular complexity index is 503. The molecule has 3 rings (SSSR count). The molecule has 88 valence electrons. The Morgan fingerprint density at radius 3 is 2.76 bits per heavy atom. The lowest BCUT2D eigenvalue weighted by Gasteiger charge is -1.99. The Morgan fingerprint density at radius 1 is 1.24 bits per heavy atom. The molecular weight excluding hydrogens is 282 g/mol. The van der Waals surface area contributed by atoms with Crippen LogP contribution in [-0.2, 0) is 0 Å². The lowest BCUT2D eigenvalue weighted by molar-refractivity contribution is 0.414. The third-order valence-corrected chi connectivity index (χ3v) is 3.58. The Balaban J connectivity index is 1.86. The van der Waals surface area contributed by atoms with Crippen molar-refractivity contribution in [3.63, 3.8) is 0 Å². The molecule has 0 saturated heterocycles. The molecule has 0 N–H and O–H groups in total. The zero-order chi connectivity index (χ0) is 11.7. The molecule has 5 heteroatoms. The lowest BCUT2D eigenvalue weighted by Crippen LogP contribution is -1.94. The summed E-state index contributed by atoms with van der Waals surface area (Å²) in [7, 11) is 0. The maximum atomic E-state index is 5.26. The van der Waals surface area contributed by atoms with Gasteiger partial charge in [0.2, 0.25) is 0 Å². The number of hydrogen-bond donors (Lipinski definition) is 0. The van der Waals surface area contributed by atoms with Gasteiger partial charge in [-0.1, -0.05) is 18.0 Å². The summed E-state index contributed by atoms with van der Waals surface area (Å²) in [6, 6.07) is 3.79. The van der Waals surface area contributed by atoms with Gasteiger partial charge in [0.15, 0.2) is 5.82 Å². The summed E-state index contributed by atoms with van der Waals surface area (Å²) < 4.78 is 6.21. The average molecular weight is 294 g/mol. The van der Waals surface area contributed by atoms with Crippen molar-refractivity contribution >= 4 is 15.9 Å². The number of nitrogens with zero attached hydrogens (tertiary/aromatic N) is 3. The van der Waals surface area contributed by atoms with E-state index in [9.17, 15) is 0 Å². The SMILES string of the molecule is Brc1ccc(-c2nc(C3CCCC3)no2)nc1. The number of halogens is 1. The molecule has 0 radical (unpaired) electrons. The molecule has 1 aliphatic carbocycles. The summed E-state index contributed by atoms with van der Waals surface area (Å²) in [5, 5.41) is 4.06. The molecule has 0 aliphatic heterocycles. The summed E-state index contributed by atoms with van der Waals surface area (Å²) in [6.07, 6.45) is 6.62. The van der Waals surface area contributed by atoms with Crippen LogP contribution in [-0.4, -0.2) is 15.1 Å². The third-order valence-electron chi connectivity index (χ3n) is 3.11. The zero-order valence-electron chi connectivity index (χ0n) is 9.27. The van der Waals surface area contributed by atoms with Gasteiger partial charge in [-0.25, -0.2) is 4.98 Å². The van der Waals surface area contributed by atoms with Crippen LogP contribution in [0.25, 0.3) is 11.6 Å². The van der Waals surface area contributed by atoms with E-state index in [1.165, 1.54) is 25.7 Å². The minimum atomic E-state index is 0.475. The predicted octanol–water partition coefficient (Wildman–Crippen LogP) is 3.55. The quantitative estimate of drug-likeness (QED) is 0.850. The van der Waals surface area contributed by atoms with Crippen molar-refractivity contribution in [3.8, 4) is 11.6 Å². The molecule has 0 unspecified atom stereocenters. The highest BCUT2D eigenvalue weighted by Gasteiger charge is 2.22. The van der Waals surface area contributed by atoms with Gasteiger partial charge < -0.3 is 4.52 Å². The van der Waals surface area contributed by atoms with E-state index in [-0.39, 0.29) is 0 Å². The van der Waals surface area contributed by atoms with Gasteiger partial charge in [0, 0.05) is 16.6 Å². The maximum Gasteiger partial charge on any atom is 0.276 e. The minimum Gasteiger partial charge on any atom is -0.332 e. The predicted molar refractivity (Wildman–Crippen MR) is 66.4 cm³/mol. The van der Waals surface area contributed by atoms with E-state index in [4.69, 9.17) is 4.52 Å². The molecule has 0 amide bonds. The van der Waals surface area contributed by atoms with E-state index in [0.717, 1.165) is 16.0 Å². The summed E-state index contributed by atoms with van der Waals surface area (Å²) >= 11 is 3.35. The van der Waals surface area contributed by atoms with E-state index in [2.05, 4.69) is 31.1 Å². The number of rotatable bonds is 2. The average Bonchev–Trinajstić information content (AvgIpc) is 3.00. The molecule has 1 fully saturated rings. The number of aromatic nitrogens is 3. The van der Waals surface area contributed by atoms with Crippen LogP contribution in [0, 0.1) is 0 Å². The van der Waals surface area contributed by atoms with Crippen LogP contribution in [0.15, 0.2) is 27.3 Å². The molecule has 1 aliphatic rings. The van der Waals surface area contributed by atoms with Crippen molar-refractivity contribution in [2.75, 3.05) is 0 Å². The molecule has 0 atom stereocenters. The van der Waals surface area contributed by atoms with Gasteiger partial charge in [0.25, 0.3) is 5.89 Å². The van der Waals surface area contributed by atoms with Crippen LogP contribution in [0.4, 0.5) is 0 Å². The van der Waals surface area contributed by atoms with Gasteiger partial charge in [-0.15, -0.1) is 0 Å². The molecule has 0 spiro atoms. The highest BCUT2D eigenvalue weighted by molar-refractivity contribution is 9.10. The summed E-state index contributed by atoms with van der Waals surface area (Å²) in [5.74, 6) is 1.82. The normalized spacial score (nSPS) is 16.5. The van der Waals surface area contributed by atoms with E-state index in [1.807, 2.05) is 12.1 Å². The van der Waals surface area contributed by atoms with E-state index >= 15 is 0 Å². The zero-order valence-corrected chi connectivity index (χ0v) is 10.9. The largest absolute Gasteiger partial charge is 0.332 e. The summed E-state index contributed by atoms with van der Waals surface area (Å²) in [4.78, 5) is 8.68. The maximum absolute atomic E-state index is 5.26. The second-order valence-corrected chi connectivity index (χ2v) is 5.22. The van der Waals surface area contributed by atoms with E-state index < -0.39 is 0 Å². The highest BCUT2D eigenvalue weighted by Crippen LogP contribution is 2.33. The first-order valence-corrected chi connectivity index (χ1v) is 6.58. The lowest BCUT2D eigenvalue weighted by atomic mass is 10.1. The highest BCUT2D eigenvalue weighted by atomic mass is 79.9. The Labute approximate surface area is 108 Å². The van der Waals surface area contributed by atoms with Crippen LogP contribution in [0.2, 0.25) is 0 Å². The Morgan fingerprint density at radius 2 is 2.06 bits per heavy atom. The number of hydrogen-bond acceptors (Lipinski definition) is 4. The van der Waals surface area contributed by atoms with Crippen LogP contribution >= 0.6 is 15.9 Å². The van der Waals surface area contributed by atoms with Crippen LogP contribution < -0.4 is 0 Å². The van der Waals surface area contributed by atoms with E-state index in [1.54, 1.807) is 6.20 Å². The molecule has 0 bridgehead atoms. The standard InChI is InChI=1S/C12H12BrN3O/c13-9-5-6-10(14-7-9)12-15-11(16-17-12)8-3-1-2-4-8/h5-8H,1-4H2. The van der Waals surface area contributed by atoms with Gasteiger partial charge >= 0.3 is 0 Å². The fourth-order valence-electron chi connectivity index (χ4n) is 2.19. The topological polar surface area (TPSA) is 51.8 Å². The fourth-order valence-corrected chi connectivity index (χ4v) is 2.43. The molecular formula is C12H12BrN3O. The van der Waals surface area contributed by atoms with Crippen LogP contribution in [0.5, 0.6) is 0 Å². The Kier molecular flexibility index (Phi) is 2.93. The van der Waals surface area contributed by atoms with Crippen molar-refractivity contribution in [2.24, 2.45) is 0 Å². The molecule has 1 saturated carbocycles. The Hall–Kier alpha value is -1.23. The van der Waals surface area contributed by atoms with Crippen molar-refractivity contribution < 1.29 is 4.52 Å². The first kappa shape index (κ1) is 10.9. The smallest absolute Gasteiger partial charge is 0.276 e. The third kappa shape index (κ3) is 2.24. The first-order valence-electron chi connectivity index (χ1n) is 5.78. The monoisotopic (exact) mass is 293 g/mol. The molecule has 0 aromatic carbocycles. The van der Waals surface area contributed by atoms with Crippen molar-refractivity contribution in [1.29, 1.82) is 0 Å². The van der Waals surface area contributed by atoms with Gasteiger partial charge in [-0.05, 0) is 40.9 Å². The molecule has 4 nitrogen and oxygen atoms in total. The van der Waals surface area contributed by atoms with Crippen molar-refractivity contribution in [3.05, 3.63) is 28.6 Å². The van der Waals surface area contributed by atoms with Crippen LogP contribution in [0.1, 0.15) is 37.4 Å². The summed E-state index contributed by atoms with van der Waals surface area (Å²) in [6.45, 7) is 0. The van der Waals surface area contributed by atoms with Gasteiger partial charge in [-0.3, -0.25) is 0 Å².